The van der Waals surface area contributed by atoms with Crippen LogP contribution >= 0.6 is 0 Å². The summed E-state index contributed by atoms with van der Waals surface area (Å²) in [6.45, 7) is 0. The summed E-state index contributed by atoms with van der Waals surface area (Å²) in [7, 11) is 0. The Morgan fingerprint density at radius 1 is 0.452 bits per heavy atom. The van der Waals surface area contributed by atoms with E-state index < -0.39 is 0 Å². The molecule has 6 heteroatoms. The molecule has 0 spiro atoms. The molecule has 0 atom stereocenters. The molecular formula is C36H18N4O2. The Labute approximate surface area is 235 Å². The standard InChI is InChI=1S/C36H18N4O2/c41-35-23-15-11-19-18-10-14-22-32-24(36(42)40-28-8-4-2-6-26(28)38-34(22)40)16-12-20(30(18)32)17-9-13-21(31(23)29(17)19)33-37-25-5-1-3-7-27(25)39(33)35/h1-11,13-15H,12,16H2. The maximum atomic E-state index is 14.0. The lowest BCUT2D eigenvalue weighted by molar-refractivity contribution is 0.942. The van der Waals surface area contributed by atoms with Crippen LogP contribution in [0.3, 0.4) is 0 Å². The third-order valence-electron chi connectivity index (χ3n) is 9.71. The van der Waals surface area contributed by atoms with Crippen molar-refractivity contribution < 1.29 is 0 Å². The largest absolute Gasteiger partial charge is 0.269 e. The highest BCUT2D eigenvalue weighted by Gasteiger charge is 2.27. The topological polar surface area (TPSA) is 68.7 Å². The quantitative estimate of drug-likeness (QED) is 0.158. The van der Waals surface area contributed by atoms with Crippen LogP contribution < -0.4 is 11.1 Å². The number of aromatic nitrogens is 4. The maximum absolute atomic E-state index is 14.0. The normalized spacial score (nSPS) is 13.7. The molecule has 0 fully saturated rings. The third-order valence-corrected chi connectivity index (χ3v) is 9.71. The molecule has 10 aromatic rings. The van der Waals surface area contributed by atoms with Crippen LogP contribution in [0.1, 0.15) is 11.1 Å². The van der Waals surface area contributed by atoms with Crippen LogP contribution in [0.5, 0.6) is 0 Å². The SMILES string of the molecule is O=c1c2c3c(ccc4c5ccc6c(=O)n7c8ccccc8nc7c7ccc(c(c43)CC2)c5c67)c2nc3ccccc3n12. The molecule has 0 amide bonds. The molecule has 6 aromatic carbocycles. The highest BCUT2D eigenvalue weighted by Crippen LogP contribution is 2.46. The molecule has 4 aromatic heterocycles. The molecule has 0 bridgehead atoms. The molecule has 6 nitrogen and oxygen atoms in total. The number of benzene rings is 6. The molecule has 0 unspecified atom stereocenters. The van der Waals surface area contributed by atoms with Gasteiger partial charge in [-0.1, -0.05) is 42.5 Å². The van der Waals surface area contributed by atoms with Gasteiger partial charge in [0.05, 0.1) is 22.1 Å². The number of pyridine rings is 2. The van der Waals surface area contributed by atoms with Crippen LogP contribution in [0, 0.1) is 0 Å². The van der Waals surface area contributed by atoms with Gasteiger partial charge in [0, 0.05) is 32.5 Å². The highest BCUT2D eigenvalue weighted by molar-refractivity contribution is 6.34. The molecule has 1 aliphatic carbocycles. The van der Waals surface area contributed by atoms with Gasteiger partial charge in [-0.05, 0) is 87.8 Å². The minimum atomic E-state index is -0.0418. The third kappa shape index (κ3) is 2.19. The summed E-state index contributed by atoms with van der Waals surface area (Å²) >= 11 is 0. The summed E-state index contributed by atoms with van der Waals surface area (Å²) in [4.78, 5) is 37.8. The Morgan fingerprint density at radius 3 is 1.64 bits per heavy atom. The van der Waals surface area contributed by atoms with Crippen molar-refractivity contribution in [3.8, 4) is 0 Å². The lowest BCUT2D eigenvalue weighted by atomic mass is 9.81. The average molecular weight is 539 g/mol. The number of fused-ring (bicyclic) bond motifs is 10. The van der Waals surface area contributed by atoms with Gasteiger partial charge in [0.1, 0.15) is 11.3 Å². The molecule has 11 rings (SSSR count). The van der Waals surface area contributed by atoms with Crippen molar-refractivity contribution in [3.05, 3.63) is 117 Å². The van der Waals surface area contributed by atoms with Crippen molar-refractivity contribution in [2.75, 3.05) is 0 Å². The molecule has 0 aliphatic heterocycles. The number of hydrogen-bond donors (Lipinski definition) is 0. The zero-order valence-corrected chi connectivity index (χ0v) is 22.1. The van der Waals surface area contributed by atoms with Crippen molar-refractivity contribution in [2.24, 2.45) is 0 Å². The zero-order chi connectivity index (χ0) is 27.4. The minimum Gasteiger partial charge on any atom is -0.269 e. The molecule has 1 aliphatic rings. The molecule has 0 saturated carbocycles. The molecule has 194 valence electrons. The Bertz CT molecular complexity index is 3010. The number of imidazole rings is 2. The van der Waals surface area contributed by atoms with Gasteiger partial charge in [0.2, 0.25) is 0 Å². The molecule has 0 radical (unpaired) electrons. The van der Waals surface area contributed by atoms with E-state index in [2.05, 4.69) is 30.3 Å². The van der Waals surface area contributed by atoms with Gasteiger partial charge in [-0.3, -0.25) is 18.4 Å². The summed E-state index contributed by atoms with van der Waals surface area (Å²) in [6, 6.07) is 28.4. The van der Waals surface area contributed by atoms with Crippen molar-refractivity contribution in [3.63, 3.8) is 0 Å². The molecular weight excluding hydrogens is 520 g/mol. The fourth-order valence-electron chi connectivity index (χ4n) is 8.04. The summed E-state index contributed by atoms with van der Waals surface area (Å²) in [5.74, 6) is 0. The van der Waals surface area contributed by atoms with E-state index in [9.17, 15) is 9.59 Å². The second-order valence-electron chi connectivity index (χ2n) is 11.6. The van der Waals surface area contributed by atoms with E-state index in [1.807, 2.05) is 54.6 Å². The van der Waals surface area contributed by atoms with Crippen LogP contribution in [-0.2, 0) is 12.8 Å². The zero-order valence-electron chi connectivity index (χ0n) is 22.1. The molecule has 0 N–H and O–H groups in total. The fraction of sp³-hybridized carbons (Fsp3) is 0.0556. The predicted octanol–water partition coefficient (Wildman–Crippen LogP) is 6.75. The summed E-state index contributed by atoms with van der Waals surface area (Å²) < 4.78 is 3.55. The van der Waals surface area contributed by atoms with E-state index in [-0.39, 0.29) is 11.1 Å². The number of rotatable bonds is 0. The number of aryl methyl sites for hydroxylation is 2. The van der Waals surface area contributed by atoms with Crippen molar-refractivity contribution in [2.45, 2.75) is 12.8 Å². The first-order valence-corrected chi connectivity index (χ1v) is 14.2. The van der Waals surface area contributed by atoms with E-state index in [0.29, 0.717) is 23.1 Å². The monoisotopic (exact) mass is 538 g/mol. The van der Waals surface area contributed by atoms with E-state index >= 15 is 0 Å². The van der Waals surface area contributed by atoms with Gasteiger partial charge in [-0.25, -0.2) is 9.97 Å². The first-order valence-electron chi connectivity index (χ1n) is 14.2. The number of hydrogen-bond acceptors (Lipinski definition) is 4. The van der Waals surface area contributed by atoms with Crippen LogP contribution in [0.2, 0.25) is 0 Å². The first kappa shape index (κ1) is 21.2. The lowest BCUT2D eigenvalue weighted by Gasteiger charge is -2.23. The average Bonchev–Trinajstić information content (AvgIpc) is 3.61. The van der Waals surface area contributed by atoms with Gasteiger partial charge in [0.15, 0.2) is 0 Å². The van der Waals surface area contributed by atoms with E-state index in [4.69, 9.17) is 9.97 Å². The van der Waals surface area contributed by atoms with Gasteiger partial charge < -0.3 is 0 Å². The van der Waals surface area contributed by atoms with E-state index in [1.54, 1.807) is 8.80 Å². The lowest BCUT2D eigenvalue weighted by Crippen LogP contribution is -2.21. The van der Waals surface area contributed by atoms with E-state index in [1.165, 1.54) is 5.56 Å². The second kappa shape index (κ2) is 6.81. The van der Waals surface area contributed by atoms with Crippen LogP contribution in [0.25, 0.3) is 87.2 Å². The predicted molar refractivity (Wildman–Crippen MR) is 169 cm³/mol. The van der Waals surface area contributed by atoms with Gasteiger partial charge in [0.25, 0.3) is 11.1 Å². The number of nitrogens with zero attached hydrogens (tertiary/aromatic N) is 4. The first-order chi connectivity index (χ1) is 20.7. The number of para-hydroxylation sites is 4. The molecule has 42 heavy (non-hydrogen) atoms. The summed E-state index contributed by atoms with van der Waals surface area (Å²) in [5.41, 5.74) is 6.82. The highest BCUT2D eigenvalue weighted by atomic mass is 16.1. The fourth-order valence-corrected chi connectivity index (χ4v) is 8.04. The minimum absolute atomic E-state index is 0.0270. The van der Waals surface area contributed by atoms with Crippen molar-refractivity contribution in [1.29, 1.82) is 0 Å². The van der Waals surface area contributed by atoms with Crippen LogP contribution in [0.4, 0.5) is 0 Å². The van der Waals surface area contributed by atoms with Crippen LogP contribution in [-0.4, -0.2) is 18.8 Å². The van der Waals surface area contributed by atoms with Gasteiger partial charge in [-0.2, -0.15) is 0 Å². The van der Waals surface area contributed by atoms with Crippen molar-refractivity contribution in [1.82, 2.24) is 18.8 Å². The Morgan fingerprint density at radius 2 is 0.929 bits per heavy atom. The maximum Gasteiger partial charge on any atom is 0.264 e. The van der Waals surface area contributed by atoms with Crippen LogP contribution in [0.15, 0.2) is 94.5 Å². The Kier molecular flexibility index (Phi) is 3.43. The molecule has 0 saturated heterocycles. The summed E-state index contributed by atoms with van der Waals surface area (Å²) in [5, 5.41) is 10.3. The second-order valence-corrected chi connectivity index (χ2v) is 11.6. The van der Waals surface area contributed by atoms with Gasteiger partial charge in [-0.15, -0.1) is 0 Å². The van der Waals surface area contributed by atoms with Gasteiger partial charge >= 0.3 is 0 Å². The molecule has 4 heterocycles. The Hall–Kier alpha value is -5.62. The Balaban J connectivity index is 1.39. The smallest absolute Gasteiger partial charge is 0.264 e. The van der Waals surface area contributed by atoms with E-state index in [0.717, 1.165) is 82.5 Å². The van der Waals surface area contributed by atoms with Crippen molar-refractivity contribution >= 4 is 87.2 Å². The summed E-state index contributed by atoms with van der Waals surface area (Å²) in [6.07, 6.45) is 1.42.